The molecule has 2 aliphatic heterocycles. The van der Waals surface area contributed by atoms with E-state index in [9.17, 15) is 4.79 Å². The fraction of sp³-hybridized carbons (Fsp3) is 0.526. The van der Waals surface area contributed by atoms with Gasteiger partial charge in [0.1, 0.15) is 6.33 Å². The van der Waals surface area contributed by atoms with Crippen LogP contribution in [0.25, 0.3) is 0 Å². The molecular formula is C19H22N4O3. The largest absolute Gasteiger partial charge is 0.454 e. The van der Waals surface area contributed by atoms with Gasteiger partial charge >= 0.3 is 0 Å². The number of likely N-dealkylation sites (tertiary alicyclic amines) is 1. The second kappa shape index (κ2) is 6.30. The van der Waals surface area contributed by atoms with Crippen LogP contribution in [0.4, 0.5) is 0 Å². The molecule has 136 valence electrons. The predicted molar refractivity (Wildman–Crippen MR) is 92.9 cm³/mol. The van der Waals surface area contributed by atoms with Gasteiger partial charge in [0.05, 0.1) is 6.04 Å². The Morgan fingerprint density at radius 2 is 2.04 bits per heavy atom. The van der Waals surface area contributed by atoms with E-state index in [0.29, 0.717) is 17.1 Å². The molecule has 3 aliphatic rings. The Morgan fingerprint density at radius 1 is 1.15 bits per heavy atom. The number of rotatable bonds is 4. The molecule has 0 N–H and O–H groups in total. The molecule has 1 saturated heterocycles. The van der Waals surface area contributed by atoms with E-state index in [4.69, 9.17) is 9.47 Å². The van der Waals surface area contributed by atoms with Crippen LogP contribution < -0.4 is 9.47 Å². The van der Waals surface area contributed by atoms with Gasteiger partial charge in [-0.1, -0.05) is 0 Å². The number of hydrogen-bond donors (Lipinski definition) is 0. The number of hydrogen-bond acceptors (Lipinski definition) is 5. The fourth-order valence-electron chi connectivity index (χ4n) is 3.88. The molecule has 26 heavy (non-hydrogen) atoms. The second-order valence-electron chi connectivity index (χ2n) is 7.36. The molecule has 5 rings (SSSR count). The van der Waals surface area contributed by atoms with Crippen molar-refractivity contribution in [1.82, 2.24) is 19.7 Å². The highest BCUT2D eigenvalue weighted by Gasteiger charge is 2.33. The maximum absolute atomic E-state index is 13.2. The molecule has 0 radical (unpaired) electrons. The predicted octanol–water partition coefficient (Wildman–Crippen LogP) is 2.78. The minimum Gasteiger partial charge on any atom is -0.454 e. The van der Waals surface area contributed by atoms with Crippen molar-refractivity contribution in [2.75, 3.05) is 13.3 Å². The SMILES string of the molecule is O=C(c1ccc2c(c1)OCO2)N1CCCC[C@@H]1c1nncn1CC1CC1. The summed E-state index contributed by atoms with van der Waals surface area (Å²) in [5.41, 5.74) is 0.634. The third-order valence-corrected chi connectivity index (χ3v) is 5.48. The number of carbonyl (C=O) groups is 1. The van der Waals surface area contributed by atoms with Crippen molar-refractivity contribution in [2.24, 2.45) is 5.92 Å². The second-order valence-corrected chi connectivity index (χ2v) is 7.36. The summed E-state index contributed by atoms with van der Waals surface area (Å²) in [7, 11) is 0. The van der Waals surface area contributed by atoms with Gasteiger partial charge in [-0.25, -0.2) is 0 Å². The maximum Gasteiger partial charge on any atom is 0.254 e. The quantitative estimate of drug-likeness (QED) is 0.844. The van der Waals surface area contributed by atoms with Crippen LogP contribution in [0.3, 0.4) is 0 Å². The molecule has 7 nitrogen and oxygen atoms in total. The highest BCUT2D eigenvalue weighted by molar-refractivity contribution is 5.95. The summed E-state index contributed by atoms with van der Waals surface area (Å²) in [6.45, 7) is 1.92. The standard InChI is InChI=1S/C19H22N4O3/c24-19(14-6-7-16-17(9-14)26-12-25-16)23-8-2-1-3-15(23)18-21-20-11-22(18)10-13-4-5-13/h6-7,9,11,13,15H,1-5,8,10,12H2/t15-/m1/s1. The zero-order chi connectivity index (χ0) is 17.5. The topological polar surface area (TPSA) is 69.5 Å². The third kappa shape index (κ3) is 2.81. The zero-order valence-corrected chi connectivity index (χ0v) is 14.6. The van der Waals surface area contributed by atoms with Crippen LogP contribution in [0.2, 0.25) is 0 Å². The maximum atomic E-state index is 13.2. The summed E-state index contributed by atoms with van der Waals surface area (Å²) in [6.07, 6.45) is 7.42. The summed E-state index contributed by atoms with van der Waals surface area (Å²) in [4.78, 5) is 15.2. The van der Waals surface area contributed by atoms with Crippen molar-refractivity contribution in [3.63, 3.8) is 0 Å². The molecular weight excluding hydrogens is 332 g/mol. The van der Waals surface area contributed by atoms with E-state index in [1.807, 2.05) is 23.4 Å². The number of nitrogens with zero attached hydrogens (tertiary/aromatic N) is 4. The molecule has 3 heterocycles. The summed E-state index contributed by atoms with van der Waals surface area (Å²) in [5.74, 6) is 3.02. The first-order valence-electron chi connectivity index (χ1n) is 9.38. The van der Waals surface area contributed by atoms with Crippen LogP contribution in [0, 0.1) is 5.92 Å². The first kappa shape index (κ1) is 15.7. The van der Waals surface area contributed by atoms with Crippen molar-refractivity contribution in [2.45, 2.75) is 44.7 Å². The summed E-state index contributed by atoms with van der Waals surface area (Å²) < 4.78 is 12.9. The lowest BCUT2D eigenvalue weighted by Crippen LogP contribution is -2.39. The van der Waals surface area contributed by atoms with Crippen molar-refractivity contribution < 1.29 is 14.3 Å². The Bertz CT molecular complexity index is 830. The number of fused-ring (bicyclic) bond motifs is 1. The first-order valence-corrected chi connectivity index (χ1v) is 9.38. The van der Waals surface area contributed by atoms with Gasteiger partial charge in [0.2, 0.25) is 6.79 Å². The molecule has 0 unspecified atom stereocenters. The van der Waals surface area contributed by atoms with E-state index in [-0.39, 0.29) is 18.7 Å². The number of piperidine rings is 1. The van der Waals surface area contributed by atoms with Gasteiger partial charge in [0.15, 0.2) is 17.3 Å². The lowest BCUT2D eigenvalue weighted by Gasteiger charge is -2.35. The minimum absolute atomic E-state index is 0.0112. The summed E-state index contributed by atoms with van der Waals surface area (Å²) in [5, 5.41) is 8.51. The molecule has 1 aliphatic carbocycles. The minimum atomic E-state index is -0.0112. The van der Waals surface area contributed by atoms with Gasteiger partial charge in [0, 0.05) is 18.7 Å². The van der Waals surface area contributed by atoms with Crippen LogP contribution in [-0.4, -0.2) is 38.9 Å². The van der Waals surface area contributed by atoms with E-state index < -0.39 is 0 Å². The molecule has 1 saturated carbocycles. The molecule has 1 amide bonds. The smallest absolute Gasteiger partial charge is 0.254 e. The number of carbonyl (C=O) groups excluding carboxylic acids is 1. The van der Waals surface area contributed by atoms with E-state index in [2.05, 4.69) is 14.8 Å². The van der Waals surface area contributed by atoms with Gasteiger partial charge in [-0.2, -0.15) is 0 Å². The van der Waals surface area contributed by atoms with Gasteiger partial charge in [-0.05, 0) is 56.2 Å². The van der Waals surface area contributed by atoms with Crippen LogP contribution in [-0.2, 0) is 6.54 Å². The molecule has 1 aromatic heterocycles. The number of aromatic nitrogens is 3. The average molecular weight is 354 g/mol. The van der Waals surface area contributed by atoms with Crippen LogP contribution in [0.1, 0.15) is 54.3 Å². The molecule has 2 fully saturated rings. The molecule has 7 heteroatoms. The fourth-order valence-corrected chi connectivity index (χ4v) is 3.88. The highest BCUT2D eigenvalue weighted by Crippen LogP contribution is 2.36. The van der Waals surface area contributed by atoms with Crippen LogP contribution >= 0.6 is 0 Å². The third-order valence-electron chi connectivity index (χ3n) is 5.48. The van der Waals surface area contributed by atoms with E-state index in [1.165, 1.54) is 12.8 Å². The van der Waals surface area contributed by atoms with E-state index in [0.717, 1.165) is 44.1 Å². The number of amides is 1. The Morgan fingerprint density at radius 3 is 2.92 bits per heavy atom. The van der Waals surface area contributed by atoms with Crippen molar-refractivity contribution in [3.05, 3.63) is 35.9 Å². The first-order chi connectivity index (χ1) is 12.8. The molecule has 1 atom stereocenters. The molecule has 1 aromatic carbocycles. The lowest BCUT2D eigenvalue weighted by atomic mass is 9.99. The number of benzene rings is 1. The molecule has 0 spiro atoms. The Balaban J connectivity index is 1.42. The normalized spacial score (nSPS) is 21.8. The van der Waals surface area contributed by atoms with E-state index >= 15 is 0 Å². The van der Waals surface area contributed by atoms with Gasteiger partial charge < -0.3 is 18.9 Å². The van der Waals surface area contributed by atoms with Gasteiger partial charge in [-0.3, -0.25) is 4.79 Å². The summed E-state index contributed by atoms with van der Waals surface area (Å²) >= 11 is 0. The van der Waals surface area contributed by atoms with Gasteiger partial charge in [0.25, 0.3) is 5.91 Å². The molecule has 2 aromatic rings. The lowest BCUT2D eigenvalue weighted by molar-refractivity contribution is 0.0593. The van der Waals surface area contributed by atoms with Crippen molar-refractivity contribution >= 4 is 5.91 Å². The Kier molecular flexibility index (Phi) is 3.80. The summed E-state index contributed by atoms with van der Waals surface area (Å²) in [6, 6.07) is 5.40. The monoisotopic (exact) mass is 354 g/mol. The Hall–Kier alpha value is -2.57. The highest BCUT2D eigenvalue weighted by atomic mass is 16.7. The number of ether oxygens (including phenoxy) is 2. The van der Waals surface area contributed by atoms with E-state index in [1.54, 1.807) is 6.07 Å². The Labute approximate surface area is 151 Å². The van der Waals surface area contributed by atoms with Crippen LogP contribution in [0.15, 0.2) is 24.5 Å². The van der Waals surface area contributed by atoms with Crippen LogP contribution in [0.5, 0.6) is 11.5 Å². The van der Waals surface area contributed by atoms with Crippen molar-refractivity contribution in [3.8, 4) is 11.5 Å². The van der Waals surface area contributed by atoms with Gasteiger partial charge in [-0.15, -0.1) is 10.2 Å². The van der Waals surface area contributed by atoms with Crippen molar-refractivity contribution in [1.29, 1.82) is 0 Å². The average Bonchev–Trinajstić information content (AvgIpc) is 3.17. The molecule has 0 bridgehead atoms. The zero-order valence-electron chi connectivity index (χ0n) is 14.6.